The molecular formula is C16H35N. The van der Waals surface area contributed by atoms with Crippen molar-refractivity contribution >= 4 is 0 Å². The fourth-order valence-corrected chi connectivity index (χ4v) is 3.64. The van der Waals surface area contributed by atoms with E-state index in [2.05, 4.69) is 46.6 Å². The van der Waals surface area contributed by atoms with E-state index < -0.39 is 0 Å². The maximum atomic E-state index is 2.47. The molecule has 0 aromatic carbocycles. The molecule has 1 heterocycles. The van der Waals surface area contributed by atoms with Crippen LogP contribution in [0.1, 0.15) is 61.3 Å². The van der Waals surface area contributed by atoms with Gasteiger partial charge in [-0.15, -0.1) is 0 Å². The molecule has 0 spiro atoms. The van der Waals surface area contributed by atoms with Crippen molar-refractivity contribution < 1.29 is 0 Å². The number of rotatable bonds is 2. The van der Waals surface area contributed by atoms with Gasteiger partial charge in [-0.3, -0.25) is 0 Å². The molecule has 1 saturated heterocycles. The van der Waals surface area contributed by atoms with Crippen LogP contribution in [-0.4, -0.2) is 25.0 Å². The Labute approximate surface area is 110 Å². The summed E-state index contributed by atoms with van der Waals surface area (Å²) in [6.07, 6.45) is 2.80. The van der Waals surface area contributed by atoms with Gasteiger partial charge in [-0.1, -0.05) is 48.5 Å². The Morgan fingerprint density at radius 1 is 1.00 bits per heavy atom. The predicted octanol–water partition coefficient (Wildman–Crippen LogP) is 4.67. The second-order valence-electron chi connectivity index (χ2n) is 6.78. The summed E-state index contributed by atoms with van der Waals surface area (Å²) < 4.78 is 0. The van der Waals surface area contributed by atoms with Crippen LogP contribution < -0.4 is 0 Å². The fourth-order valence-electron chi connectivity index (χ4n) is 3.64. The summed E-state index contributed by atoms with van der Waals surface area (Å²) in [5.41, 5.74) is 0.467. The minimum atomic E-state index is 0.467. The molecule has 1 atom stereocenters. The van der Waals surface area contributed by atoms with Gasteiger partial charge in [-0.2, -0.15) is 0 Å². The highest BCUT2D eigenvalue weighted by Crippen LogP contribution is 2.41. The minimum absolute atomic E-state index is 0.467. The number of piperidine rings is 1. The molecule has 104 valence electrons. The SMILES string of the molecule is CC.CC(C)C(C1CCN(C)CC1)C(C)(C)C. The first-order valence-electron chi connectivity index (χ1n) is 7.51. The van der Waals surface area contributed by atoms with Gasteiger partial charge in [0.1, 0.15) is 0 Å². The van der Waals surface area contributed by atoms with Gasteiger partial charge in [0, 0.05) is 0 Å². The lowest BCUT2D eigenvalue weighted by Gasteiger charge is -2.43. The van der Waals surface area contributed by atoms with Gasteiger partial charge in [0.15, 0.2) is 0 Å². The predicted molar refractivity (Wildman–Crippen MR) is 79.4 cm³/mol. The molecule has 0 amide bonds. The van der Waals surface area contributed by atoms with E-state index in [0.29, 0.717) is 5.41 Å². The quantitative estimate of drug-likeness (QED) is 0.679. The summed E-state index contributed by atoms with van der Waals surface area (Å²) >= 11 is 0. The first-order chi connectivity index (χ1) is 7.82. The smallest absolute Gasteiger partial charge is 0.00190 e. The lowest BCUT2D eigenvalue weighted by molar-refractivity contribution is 0.0612. The molecule has 0 saturated carbocycles. The molecule has 1 aliphatic heterocycles. The van der Waals surface area contributed by atoms with Crippen LogP contribution in [0.5, 0.6) is 0 Å². The zero-order valence-corrected chi connectivity index (χ0v) is 13.5. The molecule has 1 unspecified atom stereocenters. The van der Waals surface area contributed by atoms with Crippen molar-refractivity contribution in [1.82, 2.24) is 4.90 Å². The normalized spacial score (nSPS) is 21.0. The van der Waals surface area contributed by atoms with Crippen LogP contribution in [-0.2, 0) is 0 Å². The van der Waals surface area contributed by atoms with Gasteiger partial charge in [-0.05, 0) is 56.1 Å². The maximum absolute atomic E-state index is 2.47. The summed E-state index contributed by atoms with van der Waals surface area (Å²) in [5.74, 6) is 2.64. The molecule has 1 aliphatic rings. The number of nitrogens with zero attached hydrogens (tertiary/aromatic N) is 1. The standard InChI is InChI=1S/C14H29N.C2H6/c1-11(2)13(14(3,4)5)12-7-9-15(6)10-8-12;1-2/h11-13H,7-10H2,1-6H3;1-2H3. The lowest BCUT2D eigenvalue weighted by Crippen LogP contribution is -2.39. The molecule has 0 aromatic heterocycles. The Morgan fingerprint density at radius 3 is 1.71 bits per heavy atom. The summed E-state index contributed by atoms with van der Waals surface area (Å²) in [6, 6.07) is 0. The average Bonchev–Trinajstić information content (AvgIpc) is 2.22. The van der Waals surface area contributed by atoms with E-state index in [9.17, 15) is 0 Å². The van der Waals surface area contributed by atoms with Crippen LogP contribution >= 0.6 is 0 Å². The molecule has 1 fully saturated rings. The van der Waals surface area contributed by atoms with Crippen LogP contribution in [0.2, 0.25) is 0 Å². The molecule has 17 heavy (non-hydrogen) atoms. The molecule has 1 heteroatoms. The third-order valence-electron chi connectivity index (χ3n) is 3.99. The lowest BCUT2D eigenvalue weighted by atomic mass is 9.65. The van der Waals surface area contributed by atoms with Crippen LogP contribution in [0.3, 0.4) is 0 Å². The van der Waals surface area contributed by atoms with Gasteiger partial charge in [0.2, 0.25) is 0 Å². The molecule has 1 rings (SSSR count). The average molecular weight is 241 g/mol. The minimum Gasteiger partial charge on any atom is -0.306 e. The van der Waals surface area contributed by atoms with Crippen LogP contribution in [0.15, 0.2) is 0 Å². The van der Waals surface area contributed by atoms with E-state index >= 15 is 0 Å². The molecule has 0 N–H and O–H groups in total. The summed E-state index contributed by atoms with van der Waals surface area (Å²) in [5, 5.41) is 0. The Hall–Kier alpha value is -0.0400. The molecule has 1 nitrogen and oxygen atoms in total. The van der Waals surface area contributed by atoms with Crippen molar-refractivity contribution in [2.75, 3.05) is 20.1 Å². The van der Waals surface area contributed by atoms with Crippen LogP contribution in [0, 0.1) is 23.2 Å². The molecule has 0 aromatic rings. The van der Waals surface area contributed by atoms with Gasteiger partial charge in [0.25, 0.3) is 0 Å². The summed E-state index contributed by atoms with van der Waals surface area (Å²) in [6.45, 7) is 18.6. The third-order valence-corrected chi connectivity index (χ3v) is 3.99. The van der Waals surface area contributed by atoms with Crippen molar-refractivity contribution in [3.05, 3.63) is 0 Å². The summed E-state index contributed by atoms with van der Waals surface area (Å²) in [7, 11) is 2.25. The molecule has 0 bridgehead atoms. The van der Waals surface area contributed by atoms with Gasteiger partial charge in [-0.25, -0.2) is 0 Å². The van der Waals surface area contributed by atoms with Crippen LogP contribution in [0.4, 0.5) is 0 Å². The monoisotopic (exact) mass is 241 g/mol. The first kappa shape index (κ1) is 17.0. The maximum Gasteiger partial charge on any atom is -0.00190 e. The van der Waals surface area contributed by atoms with Crippen molar-refractivity contribution in [3.63, 3.8) is 0 Å². The van der Waals surface area contributed by atoms with E-state index in [1.807, 2.05) is 13.8 Å². The largest absolute Gasteiger partial charge is 0.306 e. The van der Waals surface area contributed by atoms with E-state index in [4.69, 9.17) is 0 Å². The molecule has 0 radical (unpaired) electrons. The highest BCUT2D eigenvalue weighted by atomic mass is 15.1. The Kier molecular flexibility index (Phi) is 7.39. The van der Waals surface area contributed by atoms with Gasteiger partial charge < -0.3 is 4.90 Å². The van der Waals surface area contributed by atoms with E-state index in [1.165, 1.54) is 25.9 Å². The van der Waals surface area contributed by atoms with E-state index in [-0.39, 0.29) is 0 Å². The highest BCUT2D eigenvalue weighted by molar-refractivity contribution is 4.85. The van der Waals surface area contributed by atoms with Crippen molar-refractivity contribution in [3.8, 4) is 0 Å². The topological polar surface area (TPSA) is 3.24 Å². The van der Waals surface area contributed by atoms with Crippen molar-refractivity contribution in [2.45, 2.75) is 61.3 Å². The third kappa shape index (κ3) is 5.42. The number of hydrogen-bond acceptors (Lipinski definition) is 1. The van der Waals surface area contributed by atoms with E-state index in [1.54, 1.807) is 0 Å². The highest BCUT2D eigenvalue weighted by Gasteiger charge is 2.35. The van der Waals surface area contributed by atoms with Gasteiger partial charge in [0.05, 0.1) is 0 Å². The number of hydrogen-bond donors (Lipinski definition) is 0. The number of likely N-dealkylation sites (tertiary alicyclic amines) is 1. The van der Waals surface area contributed by atoms with Crippen molar-refractivity contribution in [2.24, 2.45) is 23.2 Å². The van der Waals surface area contributed by atoms with Crippen molar-refractivity contribution in [1.29, 1.82) is 0 Å². The molecular weight excluding hydrogens is 206 g/mol. The Bertz CT molecular complexity index is 182. The Morgan fingerprint density at radius 2 is 1.41 bits per heavy atom. The second-order valence-corrected chi connectivity index (χ2v) is 6.78. The van der Waals surface area contributed by atoms with Crippen LogP contribution in [0.25, 0.3) is 0 Å². The summed E-state index contributed by atoms with van der Waals surface area (Å²) in [4.78, 5) is 2.47. The van der Waals surface area contributed by atoms with Gasteiger partial charge >= 0.3 is 0 Å². The second kappa shape index (κ2) is 7.41. The molecule has 0 aliphatic carbocycles. The Balaban J connectivity index is 0.00000121. The fraction of sp³-hybridized carbons (Fsp3) is 1.00. The van der Waals surface area contributed by atoms with E-state index in [0.717, 1.165) is 17.8 Å². The zero-order valence-electron chi connectivity index (χ0n) is 13.5. The zero-order chi connectivity index (χ0) is 13.6. The first-order valence-corrected chi connectivity index (χ1v) is 7.51.